The highest BCUT2D eigenvalue weighted by Crippen LogP contribution is 2.35. The Bertz CT molecular complexity index is 1290. The standard InChI is InChI=1S/C21H18F2N4O3S2.H2/c22-16-11-13-5-8-27(19(13)12-17(16)23)18-6-9-26(20(18)28)14-1-3-15(4-2-14)32(29,30)25-21-24-7-10-31-21;/h1-4,7,10-12,18H,5-6,8-9H2,(H,24,25);1H/t18-;/m0./s1. The summed E-state index contributed by atoms with van der Waals surface area (Å²) in [6.07, 6.45) is 2.59. The molecular weight excluding hydrogens is 458 g/mol. The molecule has 2 aliphatic rings. The van der Waals surface area contributed by atoms with Crippen LogP contribution in [-0.4, -0.2) is 38.4 Å². The van der Waals surface area contributed by atoms with Gasteiger partial charge in [-0.25, -0.2) is 22.2 Å². The molecule has 0 unspecified atom stereocenters. The number of amides is 1. The van der Waals surface area contributed by atoms with E-state index in [2.05, 4.69) is 9.71 Å². The summed E-state index contributed by atoms with van der Waals surface area (Å²) >= 11 is 1.17. The smallest absolute Gasteiger partial charge is 0.263 e. The van der Waals surface area contributed by atoms with Gasteiger partial charge in [-0.15, -0.1) is 11.3 Å². The molecule has 0 aliphatic carbocycles. The number of carbonyl (C=O) groups is 1. The second-order valence-corrected chi connectivity index (χ2v) is 10.1. The molecule has 2 aromatic carbocycles. The third-order valence-electron chi connectivity index (χ3n) is 5.72. The number of benzene rings is 2. The summed E-state index contributed by atoms with van der Waals surface area (Å²) in [5.41, 5.74) is 1.83. The van der Waals surface area contributed by atoms with Crippen molar-refractivity contribution in [3.63, 3.8) is 0 Å². The van der Waals surface area contributed by atoms with E-state index in [-0.39, 0.29) is 17.4 Å². The minimum absolute atomic E-state index is 0. The normalized spacial score (nSPS) is 18.3. The fraction of sp³-hybridized carbons (Fsp3) is 0.238. The first-order valence-electron chi connectivity index (χ1n) is 9.92. The number of sulfonamides is 1. The molecule has 3 aromatic rings. The van der Waals surface area contributed by atoms with Gasteiger partial charge < -0.3 is 9.80 Å². The Labute approximate surface area is 188 Å². The van der Waals surface area contributed by atoms with E-state index in [9.17, 15) is 22.0 Å². The number of carbonyl (C=O) groups excluding carboxylic acids is 1. The molecular formula is C21H20F2N4O3S2. The molecule has 0 bridgehead atoms. The number of rotatable bonds is 5. The van der Waals surface area contributed by atoms with Gasteiger partial charge in [-0.1, -0.05) is 0 Å². The van der Waals surface area contributed by atoms with Crippen molar-refractivity contribution in [2.75, 3.05) is 27.6 Å². The average molecular weight is 479 g/mol. The van der Waals surface area contributed by atoms with Crippen LogP contribution in [0.5, 0.6) is 0 Å². The number of halogens is 2. The Morgan fingerprint density at radius 1 is 1.12 bits per heavy atom. The highest BCUT2D eigenvalue weighted by molar-refractivity contribution is 7.93. The van der Waals surface area contributed by atoms with Crippen molar-refractivity contribution in [2.24, 2.45) is 0 Å². The van der Waals surface area contributed by atoms with Crippen LogP contribution in [0.15, 0.2) is 52.9 Å². The minimum atomic E-state index is -3.78. The molecule has 0 spiro atoms. The van der Waals surface area contributed by atoms with Gasteiger partial charge in [-0.3, -0.25) is 9.52 Å². The largest absolute Gasteiger partial charge is 0.359 e. The van der Waals surface area contributed by atoms with Crippen molar-refractivity contribution >= 4 is 43.8 Å². The molecule has 2 aliphatic heterocycles. The maximum absolute atomic E-state index is 13.8. The lowest BCUT2D eigenvalue weighted by molar-refractivity contribution is -0.118. The number of thiazole rings is 1. The molecule has 1 amide bonds. The Morgan fingerprint density at radius 3 is 2.59 bits per heavy atom. The number of anilines is 3. The first kappa shape index (κ1) is 20.8. The molecule has 1 fully saturated rings. The highest BCUT2D eigenvalue weighted by Gasteiger charge is 2.39. The average Bonchev–Trinajstić information content (AvgIpc) is 3.49. The zero-order chi connectivity index (χ0) is 22.5. The van der Waals surface area contributed by atoms with Crippen LogP contribution in [0.4, 0.5) is 25.3 Å². The van der Waals surface area contributed by atoms with Crippen molar-refractivity contribution in [3.05, 3.63) is 65.2 Å². The molecule has 1 N–H and O–H groups in total. The van der Waals surface area contributed by atoms with E-state index in [0.717, 1.165) is 6.07 Å². The summed E-state index contributed by atoms with van der Waals surface area (Å²) in [7, 11) is -3.78. The van der Waals surface area contributed by atoms with Crippen molar-refractivity contribution < 1.29 is 23.4 Å². The first-order chi connectivity index (χ1) is 15.3. The highest BCUT2D eigenvalue weighted by atomic mass is 32.2. The molecule has 32 heavy (non-hydrogen) atoms. The summed E-state index contributed by atoms with van der Waals surface area (Å²) in [4.78, 5) is 20.5. The van der Waals surface area contributed by atoms with E-state index in [1.807, 2.05) is 4.90 Å². The van der Waals surface area contributed by atoms with Crippen LogP contribution in [0.3, 0.4) is 0 Å². The van der Waals surface area contributed by atoms with Crippen LogP contribution in [0.1, 0.15) is 13.4 Å². The van der Waals surface area contributed by atoms with Gasteiger partial charge in [0.1, 0.15) is 6.04 Å². The van der Waals surface area contributed by atoms with Crippen molar-refractivity contribution in [1.29, 1.82) is 0 Å². The second kappa shape index (κ2) is 7.82. The van der Waals surface area contributed by atoms with Gasteiger partial charge in [0, 0.05) is 43.5 Å². The van der Waals surface area contributed by atoms with Crippen LogP contribution in [0, 0.1) is 11.6 Å². The van der Waals surface area contributed by atoms with Crippen LogP contribution >= 0.6 is 11.3 Å². The zero-order valence-electron chi connectivity index (χ0n) is 16.7. The molecule has 0 radical (unpaired) electrons. The fourth-order valence-corrected chi connectivity index (χ4v) is 5.98. The maximum Gasteiger partial charge on any atom is 0.263 e. The summed E-state index contributed by atoms with van der Waals surface area (Å²) in [6.45, 7) is 0.963. The van der Waals surface area contributed by atoms with E-state index in [4.69, 9.17) is 0 Å². The van der Waals surface area contributed by atoms with Crippen molar-refractivity contribution in [3.8, 4) is 0 Å². The van der Waals surface area contributed by atoms with Crippen LogP contribution in [-0.2, 0) is 21.2 Å². The molecule has 1 aromatic heterocycles. The van der Waals surface area contributed by atoms with E-state index in [1.165, 1.54) is 35.7 Å². The Balaban J connectivity index is 0.00000259. The van der Waals surface area contributed by atoms with E-state index < -0.39 is 27.7 Å². The Hall–Kier alpha value is -3.05. The van der Waals surface area contributed by atoms with Crippen LogP contribution in [0.25, 0.3) is 0 Å². The Morgan fingerprint density at radius 2 is 1.88 bits per heavy atom. The van der Waals surface area contributed by atoms with Gasteiger partial charge in [0.05, 0.1) is 4.90 Å². The molecule has 5 rings (SSSR count). The summed E-state index contributed by atoms with van der Waals surface area (Å²) in [5, 5.41) is 1.94. The molecule has 7 nitrogen and oxygen atoms in total. The zero-order valence-corrected chi connectivity index (χ0v) is 18.3. The number of hydrogen-bond donors (Lipinski definition) is 1. The topological polar surface area (TPSA) is 82.6 Å². The first-order valence-corrected chi connectivity index (χ1v) is 12.3. The lowest BCUT2D eigenvalue weighted by Gasteiger charge is -2.26. The SMILES string of the molecule is O=C1[C@@H](N2CCc3cc(F)c(F)cc32)CCN1c1ccc(S(=O)(=O)Nc2nccs2)cc1.[HH]. The Kier molecular flexibility index (Phi) is 5.09. The molecule has 1 saturated heterocycles. The lowest BCUT2D eigenvalue weighted by atomic mass is 10.1. The van der Waals surface area contributed by atoms with Crippen molar-refractivity contribution in [1.82, 2.24) is 4.98 Å². The predicted molar refractivity (Wildman–Crippen MR) is 120 cm³/mol. The molecule has 0 saturated carbocycles. The van der Waals surface area contributed by atoms with Gasteiger partial charge in [-0.2, -0.15) is 0 Å². The number of nitrogens with one attached hydrogen (secondary N) is 1. The number of aromatic nitrogens is 1. The predicted octanol–water partition coefficient (Wildman–Crippen LogP) is 3.64. The molecule has 3 heterocycles. The van der Waals surface area contributed by atoms with E-state index in [0.29, 0.717) is 42.9 Å². The van der Waals surface area contributed by atoms with Crippen LogP contribution in [0.2, 0.25) is 0 Å². The van der Waals surface area contributed by atoms with Gasteiger partial charge in [0.2, 0.25) is 5.91 Å². The third-order valence-corrected chi connectivity index (χ3v) is 7.89. The lowest BCUT2D eigenvalue weighted by Crippen LogP contribution is -2.41. The third kappa shape index (κ3) is 3.61. The molecule has 1 atom stereocenters. The van der Waals surface area contributed by atoms with Crippen LogP contribution < -0.4 is 14.5 Å². The minimum Gasteiger partial charge on any atom is -0.359 e. The van der Waals surface area contributed by atoms with Gasteiger partial charge in [0.25, 0.3) is 10.0 Å². The number of hydrogen-bond acceptors (Lipinski definition) is 6. The summed E-state index contributed by atoms with van der Waals surface area (Å²) in [5.74, 6) is -1.97. The monoisotopic (exact) mass is 478 g/mol. The quantitative estimate of drug-likeness (QED) is 0.606. The second-order valence-electron chi connectivity index (χ2n) is 7.57. The fourth-order valence-electron chi connectivity index (χ4n) is 4.19. The van der Waals surface area contributed by atoms with Gasteiger partial charge in [-0.05, 0) is 48.7 Å². The van der Waals surface area contributed by atoms with E-state index >= 15 is 0 Å². The van der Waals surface area contributed by atoms with Crippen molar-refractivity contribution in [2.45, 2.75) is 23.8 Å². The summed E-state index contributed by atoms with van der Waals surface area (Å²) < 4.78 is 54.7. The number of fused-ring (bicyclic) bond motifs is 1. The maximum atomic E-state index is 13.8. The van der Waals surface area contributed by atoms with E-state index in [1.54, 1.807) is 22.4 Å². The molecule has 168 valence electrons. The van der Waals surface area contributed by atoms with Gasteiger partial charge in [0.15, 0.2) is 16.8 Å². The summed E-state index contributed by atoms with van der Waals surface area (Å²) in [6, 6.07) is 7.93. The number of nitrogens with zero attached hydrogens (tertiary/aromatic N) is 3. The molecule has 11 heteroatoms. The van der Waals surface area contributed by atoms with Gasteiger partial charge >= 0.3 is 0 Å².